The maximum absolute atomic E-state index is 13.2. The highest BCUT2D eigenvalue weighted by Gasteiger charge is 2.02. The third kappa shape index (κ3) is 6.95. The quantitative estimate of drug-likeness (QED) is 0.301. The number of aromatic nitrogens is 2. The van der Waals surface area contributed by atoms with Gasteiger partial charge < -0.3 is 10.6 Å². The maximum atomic E-state index is 13.2. The first-order valence-corrected chi connectivity index (χ1v) is 8.97. The van der Waals surface area contributed by atoms with E-state index in [1.807, 2.05) is 23.0 Å². The van der Waals surface area contributed by atoms with Crippen molar-refractivity contribution in [3.05, 3.63) is 89.5 Å². The number of hydrogen-bond acceptors (Lipinski definition) is 2. The lowest BCUT2D eigenvalue weighted by Crippen LogP contribution is -2.37. The highest BCUT2D eigenvalue weighted by atomic mass is 127. The number of hydrogen-bond donors (Lipinski definition) is 2. The van der Waals surface area contributed by atoms with Crippen LogP contribution in [-0.2, 0) is 19.5 Å². The van der Waals surface area contributed by atoms with E-state index in [9.17, 15) is 4.39 Å². The number of benzene rings is 2. The molecule has 0 amide bonds. The minimum Gasteiger partial charge on any atom is -0.356 e. The molecule has 0 aliphatic heterocycles. The second-order valence-electron chi connectivity index (χ2n) is 6.26. The Balaban J connectivity index is 0.00000280. The second kappa shape index (κ2) is 11.4. The predicted octanol–water partition coefficient (Wildman–Crippen LogP) is 3.60. The summed E-state index contributed by atoms with van der Waals surface area (Å²) in [6.45, 7) is 2.11. The van der Waals surface area contributed by atoms with Crippen LogP contribution in [0.1, 0.15) is 16.7 Å². The van der Waals surface area contributed by atoms with Gasteiger partial charge in [0.15, 0.2) is 5.96 Å². The minimum atomic E-state index is -0.204. The highest BCUT2D eigenvalue weighted by Crippen LogP contribution is 2.07. The molecular formula is C21H25FIN5. The molecule has 28 heavy (non-hydrogen) atoms. The van der Waals surface area contributed by atoms with Crippen LogP contribution in [0.3, 0.4) is 0 Å². The van der Waals surface area contributed by atoms with Gasteiger partial charge in [-0.1, -0.05) is 36.4 Å². The first-order valence-electron chi connectivity index (χ1n) is 8.97. The summed E-state index contributed by atoms with van der Waals surface area (Å²) in [4.78, 5) is 4.24. The lowest BCUT2D eigenvalue weighted by Gasteiger charge is -2.13. The molecule has 0 bridgehead atoms. The average Bonchev–Trinajstić information content (AvgIpc) is 3.18. The third-order valence-electron chi connectivity index (χ3n) is 4.17. The fourth-order valence-electron chi connectivity index (χ4n) is 2.84. The second-order valence-corrected chi connectivity index (χ2v) is 6.26. The number of rotatable bonds is 7. The van der Waals surface area contributed by atoms with Crippen LogP contribution >= 0.6 is 24.0 Å². The van der Waals surface area contributed by atoms with Gasteiger partial charge >= 0.3 is 0 Å². The number of nitrogens with zero attached hydrogens (tertiary/aromatic N) is 3. The predicted molar refractivity (Wildman–Crippen MR) is 121 cm³/mol. The fraction of sp³-hybridized carbons (Fsp3) is 0.238. The van der Waals surface area contributed by atoms with Crippen LogP contribution in [0.4, 0.5) is 4.39 Å². The molecule has 7 heteroatoms. The Morgan fingerprint density at radius 3 is 2.57 bits per heavy atom. The molecule has 0 aliphatic carbocycles. The van der Waals surface area contributed by atoms with Gasteiger partial charge in [0.05, 0.1) is 6.54 Å². The van der Waals surface area contributed by atoms with Crippen LogP contribution in [0.25, 0.3) is 0 Å². The first-order chi connectivity index (χ1) is 13.2. The van der Waals surface area contributed by atoms with Gasteiger partial charge in [0.1, 0.15) is 5.82 Å². The van der Waals surface area contributed by atoms with Crippen LogP contribution in [0.15, 0.2) is 72.0 Å². The summed E-state index contributed by atoms with van der Waals surface area (Å²) < 4.78 is 15.1. The topological polar surface area (TPSA) is 54.2 Å². The van der Waals surface area contributed by atoms with Crippen molar-refractivity contribution in [3.8, 4) is 0 Å². The number of aliphatic imine (C=N–C) groups is 1. The summed E-state index contributed by atoms with van der Waals surface area (Å²) in [6, 6.07) is 17.0. The Morgan fingerprint density at radius 1 is 1.04 bits per heavy atom. The van der Waals surface area contributed by atoms with Gasteiger partial charge in [-0.3, -0.25) is 9.67 Å². The van der Waals surface area contributed by atoms with E-state index in [0.717, 1.165) is 24.5 Å². The Bertz CT molecular complexity index is 880. The van der Waals surface area contributed by atoms with Crippen molar-refractivity contribution in [2.75, 3.05) is 13.6 Å². The molecule has 0 spiro atoms. The van der Waals surface area contributed by atoms with Crippen molar-refractivity contribution in [2.45, 2.75) is 19.5 Å². The zero-order valence-electron chi connectivity index (χ0n) is 15.8. The van der Waals surface area contributed by atoms with Gasteiger partial charge in [-0.2, -0.15) is 5.10 Å². The molecule has 5 nitrogen and oxygen atoms in total. The van der Waals surface area contributed by atoms with Gasteiger partial charge in [-0.25, -0.2) is 4.39 Å². The van der Waals surface area contributed by atoms with E-state index in [4.69, 9.17) is 0 Å². The van der Waals surface area contributed by atoms with E-state index in [1.165, 1.54) is 17.2 Å². The van der Waals surface area contributed by atoms with Crippen molar-refractivity contribution in [3.63, 3.8) is 0 Å². The highest BCUT2D eigenvalue weighted by molar-refractivity contribution is 14.0. The molecule has 0 saturated carbocycles. The number of halogens is 2. The third-order valence-corrected chi connectivity index (χ3v) is 4.17. The molecule has 0 unspecified atom stereocenters. The van der Waals surface area contributed by atoms with Gasteiger partial charge in [0.2, 0.25) is 0 Å². The normalized spacial score (nSPS) is 11.0. The smallest absolute Gasteiger partial charge is 0.191 e. The molecule has 0 fully saturated rings. The molecule has 2 aromatic carbocycles. The van der Waals surface area contributed by atoms with E-state index in [1.54, 1.807) is 25.4 Å². The van der Waals surface area contributed by atoms with E-state index in [0.29, 0.717) is 13.1 Å². The zero-order chi connectivity index (χ0) is 18.9. The van der Waals surface area contributed by atoms with E-state index < -0.39 is 0 Å². The SMILES string of the molecule is CN=C(NCCc1cccc(F)c1)NCc1cccc(Cn2cccn2)c1.I. The fourth-order valence-corrected chi connectivity index (χ4v) is 2.84. The molecule has 0 atom stereocenters. The van der Waals surface area contributed by atoms with Gasteiger partial charge in [-0.15, -0.1) is 24.0 Å². The van der Waals surface area contributed by atoms with E-state index >= 15 is 0 Å². The van der Waals surface area contributed by atoms with Crippen molar-refractivity contribution in [1.29, 1.82) is 0 Å². The molecule has 148 valence electrons. The molecule has 0 aliphatic rings. The molecular weight excluding hydrogens is 468 g/mol. The Labute approximate surface area is 182 Å². The molecule has 3 aromatic rings. The summed E-state index contributed by atoms with van der Waals surface area (Å²) in [5.74, 6) is 0.522. The lowest BCUT2D eigenvalue weighted by atomic mass is 10.1. The van der Waals surface area contributed by atoms with Crippen molar-refractivity contribution in [1.82, 2.24) is 20.4 Å². The van der Waals surface area contributed by atoms with Crippen LogP contribution < -0.4 is 10.6 Å². The summed E-state index contributed by atoms with van der Waals surface area (Å²) in [6.07, 6.45) is 4.47. The van der Waals surface area contributed by atoms with Crippen molar-refractivity contribution in [2.24, 2.45) is 4.99 Å². The van der Waals surface area contributed by atoms with Crippen LogP contribution in [-0.4, -0.2) is 29.3 Å². The largest absolute Gasteiger partial charge is 0.356 e. The number of guanidine groups is 1. The van der Waals surface area contributed by atoms with Crippen molar-refractivity contribution < 1.29 is 4.39 Å². The number of nitrogens with one attached hydrogen (secondary N) is 2. The Morgan fingerprint density at radius 2 is 1.82 bits per heavy atom. The molecule has 3 rings (SSSR count). The minimum absolute atomic E-state index is 0. The molecule has 1 heterocycles. The molecule has 0 saturated heterocycles. The first kappa shape index (κ1) is 21.9. The maximum Gasteiger partial charge on any atom is 0.191 e. The summed E-state index contributed by atoms with van der Waals surface area (Å²) in [5, 5.41) is 10.8. The summed E-state index contributed by atoms with van der Waals surface area (Å²) in [7, 11) is 1.74. The summed E-state index contributed by atoms with van der Waals surface area (Å²) >= 11 is 0. The van der Waals surface area contributed by atoms with E-state index in [2.05, 4.69) is 45.0 Å². The monoisotopic (exact) mass is 493 g/mol. The zero-order valence-corrected chi connectivity index (χ0v) is 18.1. The van der Waals surface area contributed by atoms with Gasteiger partial charge in [-0.05, 0) is 41.3 Å². The lowest BCUT2D eigenvalue weighted by molar-refractivity contribution is 0.625. The van der Waals surface area contributed by atoms with E-state index in [-0.39, 0.29) is 29.8 Å². The standard InChI is InChI=1S/C21H24FN5.HI/c1-23-21(24-11-9-17-5-3-8-20(22)14-17)25-15-18-6-2-7-19(13-18)16-27-12-4-10-26-27;/h2-8,10,12-14H,9,11,15-16H2,1H3,(H2,23,24,25);1H. The van der Waals surface area contributed by atoms with Crippen LogP contribution in [0, 0.1) is 5.82 Å². The van der Waals surface area contributed by atoms with Crippen molar-refractivity contribution >= 4 is 29.9 Å². The van der Waals surface area contributed by atoms with Crippen LogP contribution in [0.5, 0.6) is 0 Å². The Hall–Kier alpha value is -2.42. The Kier molecular flexibility index (Phi) is 8.93. The van der Waals surface area contributed by atoms with Crippen LogP contribution in [0.2, 0.25) is 0 Å². The summed E-state index contributed by atoms with van der Waals surface area (Å²) in [5.41, 5.74) is 3.34. The molecule has 2 N–H and O–H groups in total. The van der Waals surface area contributed by atoms with Gasteiger partial charge in [0.25, 0.3) is 0 Å². The molecule has 1 aromatic heterocycles. The molecule has 0 radical (unpaired) electrons. The average molecular weight is 493 g/mol. The van der Waals surface area contributed by atoms with Gasteiger partial charge in [0, 0.05) is 32.5 Å².